The van der Waals surface area contributed by atoms with Crippen LogP contribution in [0.3, 0.4) is 0 Å². The van der Waals surface area contributed by atoms with Gasteiger partial charge < -0.3 is 15.6 Å². The number of alkyl halides is 2. The van der Waals surface area contributed by atoms with Crippen molar-refractivity contribution in [1.29, 1.82) is 0 Å². The second kappa shape index (κ2) is 5.66. The summed E-state index contributed by atoms with van der Waals surface area (Å²) < 4.78 is 44.6. The van der Waals surface area contributed by atoms with Crippen molar-refractivity contribution in [3.63, 3.8) is 0 Å². The van der Waals surface area contributed by atoms with Crippen molar-refractivity contribution >= 4 is 17.6 Å². The molecule has 0 unspecified atom stereocenters. The Bertz CT molecular complexity index is 496. The summed E-state index contributed by atoms with van der Waals surface area (Å²) in [6.07, 6.45) is 0. The first-order valence-corrected chi connectivity index (χ1v) is 5.58. The molecule has 0 aliphatic rings. The third-order valence-electron chi connectivity index (χ3n) is 2.33. The molecule has 8 heteroatoms. The lowest BCUT2D eigenvalue weighted by atomic mass is 10.00. The molecule has 0 saturated carbocycles. The fourth-order valence-electron chi connectivity index (χ4n) is 1.37. The highest BCUT2D eigenvalue weighted by Gasteiger charge is 2.48. The Balaban J connectivity index is 3.19. The number of rotatable bonds is 4. The van der Waals surface area contributed by atoms with Crippen molar-refractivity contribution in [3.05, 3.63) is 28.5 Å². The fraction of sp³-hybridized carbons (Fsp3) is 0.364. The van der Waals surface area contributed by atoms with Crippen LogP contribution in [-0.4, -0.2) is 23.6 Å². The van der Waals surface area contributed by atoms with E-state index in [-0.39, 0.29) is 6.61 Å². The minimum Gasteiger partial charge on any atom is -0.506 e. The number of nitrogens with two attached hydrogens (primary N) is 1. The molecule has 0 bridgehead atoms. The molecule has 4 nitrogen and oxygen atoms in total. The molecule has 0 saturated heterocycles. The van der Waals surface area contributed by atoms with Crippen LogP contribution in [0.25, 0.3) is 0 Å². The number of hydrogen-bond acceptors (Lipinski definition) is 4. The van der Waals surface area contributed by atoms with E-state index in [2.05, 4.69) is 4.74 Å². The normalized spacial score (nSPS) is 13.2. The Hall–Kier alpha value is -1.47. The van der Waals surface area contributed by atoms with E-state index in [0.717, 1.165) is 6.07 Å². The van der Waals surface area contributed by atoms with Gasteiger partial charge in [0.05, 0.1) is 11.6 Å². The van der Waals surface area contributed by atoms with E-state index in [9.17, 15) is 23.1 Å². The number of carbonyl (C=O) groups is 1. The zero-order chi connectivity index (χ0) is 14.8. The van der Waals surface area contributed by atoms with Crippen LogP contribution in [0.5, 0.6) is 5.75 Å². The Kier molecular flexibility index (Phi) is 4.65. The monoisotopic (exact) mass is 297 g/mol. The quantitative estimate of drug-likeness (QED) is 0.837. The van der Waals surface area contributed by atoms with Gasteiger partial charge in [0, 0.05) is 5.56 Å². The molecule has 0 fully saturated rings. The minimum atomic E-state index is -4.12. The van der Waals surface area contributed by atoms with Crippen molar-refractivity contribution in [2.45, 2.75) is 18.9 Å². The third-order valence-corrected chi connectivity index (χ3v) is 2.62. The van der Waals surface area contributed by atoms with Crippen molar-refractivity contribution in [2.24, 2.45) is 5.73 Å². The minimum absolute atomic E-state index is 0.267. The number of benzene rings is 1. The third kappa shape index (κ3) is 3.10. The molecule has 0 radical (unpaired) electrons. The summed E-state index contributed by atoms with van der Waals surface area (Å²) in [5.74, 6) is -7.75. The van der Waals surface area contributed by atoms with E-state index in [0.29, 0.717) is 6.07 Å². The van der Waals surface area contributed by atoms with Crippen molar-refractivity contribution < 1.29 is 27.8 Å². The molecule has 106 valence electrons. The van der Waals surface area contributed by atoms with Crippen LogP contribution >= 0.6 is 11.6 Å². The summed E-state index contributed by atoms with van der Waals surface area (Å²) in [4.78, 5) is 11.1. The first-order valence-electron chi connectivity index (χ1n) is 5.20. The Morgan fingerprint density at radius 2 is 2.16 bits per heavy atom. The summed E-state index contributed by atoms with van der Waals surface area (Å²) in [5, 5.41) is 9.02. The molecule has 1 aromatic carbocycles. The summed E-state index contributed by atoms with van der Waals surface area (Å²) >= 11 is 5.45. The average Bonchev–Trinajstić information content (AvgIpc) is 2.33. The molecule has 1 rings (SSSR count). The number of esters is 1. The van der Waals surface area contributed by atoms with Gasteiger partial charge in [0.2, 0.25) is 0 Å². The van der Waals surface area contributed by atoms with Gasteiger partial charge >= 0.3 is 11.9 Å². The van der Waals surface area contributed by atoms with E-state index in [1.165, 1.54) is 6.92 Å². The van der Waals surface area contributed by atoms with Gasteiger partial charge in [-0.3, -0.25) is 0 Å². The average molecular weight is 298 g/mol. The van der Waals surface area contributed by atoms with Crippen LogP contribution in [0.1, 0.15) is 18.5 Å². The van der Waals surface area contributed by atoms with Gasteiger partial charge in [0.25, 0.3) is 0 Å². The van der Waals surface area contributed by atoms with E-state index in [1.807, 2.05) is 0 Å². The lowest BCUT2D eigenvalue weighted by Crippen LogP contribution is -2.41. The van der Waals surface area contributed by atoms with Crippen LogP contribution in [0.4, 0.5) is 13.2 Å². The standard InChI is InChI=1S/C11H11ClF3NO3/c1-2-19-10(18)11(14,15)9(16)6-3-5(13)4-7(12)8(6)17/h3-4,9,17H,2,16H2,1H3/t9-/m0/s1. The van der Waals surface area contributed by atoms with Gasteiger partial charge in [-0.15, -0.1) is 0 Å². The maximum Gasteiger partial charge on any atom is 0.379 e. The van der Waals surface area contributed by atoms with E-state index < -0.39 is 40.1 Å². The number of phenols is 1. The van der Waals surface area contributed by atoms with Crippen LogP contribution in [0.15, 0.2) is 12.1 Å². The summed E-state index contributed by atoms with van der Waals surface area (Å²) in [6, 6.07) is -0.964. The molecule has 19 heavy (non-hydrogen) atoms. The number of hydrogen-bond donors (Lipinski definition) is 2. The molecular formula is C11H11ClF3NO3. The summed E-state index contributed by atoms with van der Waals surface area (Å²) in [6.45, 7) is 1.08. The van der Waals surface area contributed by atoms with Crippen molar-refractivity contribution in [1.82, 2.24) is 0 Å². The molecule has 0 aromatic heterocycles. The number of phenolic OH excluding ortho intramolecular Hbond substituents is 1. The van der Waals surface area contributed by atoms with E-state index in [1.54, 1.807) is 0 Å². The molecule has 0 amide bonds. The van der Waals surface area contributed by atoms with E-state index >= 15 is 0 Å². The highest BCUT2D eigenvalue weighted by atomic mass is 35.5. The van der Waals surface area contributed by atoms with Crippen molar-refractivity contribution in [2.75, 3.05) is 6.61 Å². The molecular weight excluding hydrogens is 287 g/mol. The lowest BCUT2D eigenvalue weighted by molar-refractivity contribution is -0.174. The predicted octanol–water partition coefficient (Wildman–Crippen LogP) is 2.38. The molecule has 0 aliphatic carbocycles. The highest BCUT2D eigenvalue weighted by molar-refractivity contribution is 6.32. The molecule has 0 aliphatic heterocycles. The van der Waals surface area contributed by atoms with E-state index in [4.69, 9.17) is 17.3 Å². The van der Waals surface area contributed by atoms with Gasteiger partial charge in [0.15, 0.2) is 0 Å². The van der Waals surface area contributed by atoms with Gasteiger partial charge in [-0.1, -0.05) is 11.6 Å². The zero-order valence-corrected chi connectivity index (χ0v) is 10.5. The van der Waals surface area contributed by atoms with Crippen LogP contribution in [0.2, 0.25) is 5.02 Å². The number of aromatic hydroxyl groups is 1. The van der Waals surface area contributed by atoms with Crippen LogP contribution in [0, 0.1) is 5.82 Å². The molecule has 0 spiro atoms. The predicted molar refractivity (Wildman–Crippen MR) is 61.6 cm³/mol. The number of halogens is 4. The Labute approximate surface area is 111 Å². The maximum atomic E-state index is 13.7. The molecule has 0 heterocycles. The maximum absolute atomic E-state index is 13.7. The van der Waals surface area contributed by atoms with Gasteiger partial charge in [-0.05, 0) is 19.1 Å². The smallest absolute Gasteiger partial charge is 0.379 e. The number of ether oxygens (including phenoxy) is 1. The van der Waals surface area contributed by atoms with Crippen LogP contribution < -0.4 is 5.73 Å². The largest absolute Gasteiger partial charge is 0.506 e. The Morgan fingerprint density at radius 3 is 2.68 bits per heavy atom. The topological polar surface area (TPSA) is 72.5 Å². The Morgan fingerprint density at radius 1 is 1.58 bits per heavy atom. The second-order valence-electron chi connectivity index (χ2n) is 3.65. The van der Waals surface area contributed by atoms with Crippen LogP contribution in [-0.2, 0) is 9.53 Å². The molecule has 3 N–H and O–H groups in total. The zero-order valence-electron chi connectivity index (χ0n) is 9.79. The first-order chi connectivity index (χ1) is 8.71. The lowest BCUT2D eigenvalue weighted by Gasteiger charge is -2.22. The van der Waals surface area contributed by atoms with Crippen molar-refractivity contribution in [3.8, 4) is 5.75 Å². The SMILES string of the molecule is CCOC(=O)C(F)(F)[C@@H](N)c1cc(F)cc(Cl)c1O. The number of carbonyl (C=O) groups excluding carboxylic acids is 1. The van der Waals surface area contributed by atoms with Gasteiger partial charge in [-0.25, -0.2) is 9.18 Å². The summed E-state index contributed by atoms with van der Waals surface area (Å²) in [5.41, 5.74) is 4.53. The van der Waals surface area contributed by atoms with Gasteiger partial charge in [-0.2, -0.15) is 8.78 Å². The fourth-order valence-corrected chi connectivity index (χ4v) is 1.59. The molecule has 1 atom stereocenters. The highest BCUT2D eigenvalue weighted by Crippen LogP contribution is 2.38. The van der Waals surface area contributed by atoms with Gasteiger partial charge in [0.1, 0.15) is 17.6 Å². The molecule has 1 aromatic rings. The first kappa shape index (κ1) is 15.6. The second-order valence-corrected chi connectivity index (χ2v) is 4.05. The summed E-state index contributed by atoms with van der Waals surface area (Å²) in [7, 11) is 0.